The fourth-order valence-corrected chi connectivity index (χ4v) is 7.68. The molecule has 0 aliphatic heterocycles. The lowest BCUT2D eigenvalue weighted by Gasteiger charge is -2.62. The lowest BCUT2D eigenvalue weighted by molar-refractivity contribution is -0.219. The standard InChI is InChI=1S/C22H30FO8P/c1-12-8-16-15-5-4-13-9-14(24)6-7-19(13,2)21(15,23)17(25)10-20(16,3)22(12,27)18(26)11-31-32(28,29)30/h6-7,9,12,15-17,25,27H,4-5,8,10-11H2,1-3H3,(H2,28,29,30)/t12?,15?,16?,17?,19-,20+,21-,22-/m1/s1. The Morgan fingerprint density at radius 1 is 1.31 bits per heavy atom. The van der Waals surface area contributed by atoms with Gasteiger partial charge in [-0.3, -0.25) is 14.1 Å². The highest BCUT2D eigenvalue weighted by Gasteiger charge is 2.75. The molecule has 8 nitrogen and oxygen atoms in total. The number of ketones is 2. The summed E-state index contributed by atoms with van der Waals surface area (Å²) in [6.45, 7) is 4.00. The molecule has 4 aliphatic carbocycles. The molecule has 0 amide bonds. The Morgan fingerprint density at radius 3 is 2.59 bits per heavy atom. The summed E-state index contributed by atoms with van der Waals surface area (Å²) in [4.78, 5) is 42.8. The zero-order valence-electron chi connectivity index (χ0n) is 18.3. The molecular weight excluding hydrogens is 442 g/mol. The predicted octanol–water partition coefficient (Wildman–Crippen LogP) is 2.01. The first-order valence-corrected chi connectivity index (χ1v) is 12.4. The summed E-state index contributed by atoms with van der Waals surface area (Å²) in [5, 5.41) is 22.8. The molecule has 0 heterocycles. The molecule has 8 atom stereocenters. The molecule has 3 saturated carbocycles. The van der Waals surface area contributed by atoms with Crippen LogP contribution in [0.3, 0.4) is 0 Å². The van der Waals surface area contributed by atoms with Crippen molar-refractivity contribution in [1.29, 1.82) is 0 Å². The van der Waals surface area contributed by atoms with Crippen molar-refractivity contribution < 1.29 is 43.1 Å². The number of halogens is 1. The summed E-state index contributed by atoms with van der Waals surface area (Å²) in [7, 11) is -4.93. The number of alkyl halides is 1. The van der Waals surface area contributed by atoms with Gasteiger partial charge in [0.2, 0.25) is 0 Å². The molecule has 3 fully saturated rings. The van der Waals surface area contributed by atoms with Gasteiger partial charge in [0.25, 0.3) is 0 Å². The molecule has 4 aliphatic rings. The molecule has 0 bridgehead atoms. The van der Waals surface area contributed by atoms with E-state index in [4.69, 9.17) is 9.79 Å². The first-order valence-electron chi connectivity index (χ1n) is 10.9. The topological polar surface area (TPSA) is 141 Å². The van der Waals surface area contributed by atoms with Crippen molar-refractivity contribution in [3.63, 3.8) is 0 Å². The van der Waals surface area contributed by atoms with Gasteiger partial charge < -0.3 is 20.0 Å². The lowest BCUT2D eigenvalue weighted by Crippen LogP contribution is -2.69. The van der Waals surface area contributed by atoms with E-state index in [0.29, 0.717) is 24.8 Å². The van der Waals surface area contributed by atoms with E-state index in [1.165, 1.54) is 18.2 Å². The minimum absolute atomic E-state index is 0.211. The third kappa shape index (κ3) is 2.95. The van der Waals surface area contributed by atoms with Gasteiger partial charge >= 0.3 is 7.82 Å². The van der Waals surface area contributed by atoms with Crippen molar-refractivity contribution in [3.05, 3.63) is 23.8 Å². The summed E-state index contributed by atoms with van der Waals surface area (Å²) in [6.07, 6.45) is 3.70. The number of phosphoric ester groups is 1. The van der Waals surface area contributed by atoms with Crippen molar-refractivity contribution in [2.75, 3.05) is 6.61 Å². The van der Waals surface area contributed by atoms with E-state index in [0.717, 1.165) is 0 Å². The Balaban J connectivity index is 1.74. The summed E-state index contributed by atoms with van der Waals surface area (Å²) in [6, 6.07) is 0. The van der Waals surface area contributed by atoms with E-state index >= 15 is 4.39 Å². The lowest BCUT2D eigenvalue weighted by atomic mass is 9.44. The molecule has 0 spiro atoms. The van der Waals surface area contributed by atoms with Gasteiger partial charge in [0.15, 0.2) is 17.2 Å². The maximum atomic E-state index is 17.0. The van der Waals surface area contributed by atoms with E-state index in [2.05, 4.69) is 4.52 Å². The van der Waals surface area contributed by atoms with Crippen LogP contribution in [-0.4, -0.2) is 55.5 Å². The Labute approximate surface area is 185 Å². The maximum Gasteiger partial charge on any atom is 0.470 e. The minimum atomic E-state index is -4.93. The van der Waals surface area contributed by atoms with Crippen LogP contribution < -0.4 is 0 Å². The molecule has 4 rings (SSSR count). The Kier molecular flexibility index (Phi) is 5.34. The normalized spacial score (nSPS) is 48.0. The molecule has 10 heteroatoms. The van der Waals surface area contributed by atoms with E-state index in [1.807, 2.05) is 0 Å². The fourth-order valence-electron chi connectivity index (χ4n) is 7.39. The number of aliphatic hydroxyl groups excluding tert-OH is 1. The van der Waals surface area contributed by atoms with Crippen LogP contribution in [0.4, 0.5) is 4.39 Å². The largest absolute Gasteiger partial charge is 0.470 e. The number of fused-ring (bicyclic) bond motifs is 5. The van der Waals surface area contributed by atoms with E-state index in [-0.39, 0.29) is 12.2 Å². The van der Waals surface area contributed by atoms with Crippen molar-refractivity contribution >= 4 is 19.4 Å². The van der Waals surface area contributed by atoms with Crippen LogP contribution in [0.5, 0.6) is 0 Å². The number of aliphatic hydroxyl groups is 2. The van der Waals surface area contributed by atoms with Crippen LogP contribution in [0.1, 0.15) is 46.5 Å². The highest BCUT2D eigenvalue weighted by molar-refractivity contribution is 7.46. The first-order chi connectivity index (χ1) is 14.6. The van der Waals surface area contributed by atoms with Gasteiger partial charge in [-0.05, 0) is 56.6 Å². The third-order valence-corrected chi connectivity index (χ3v) is 9.48. The van der Waals surface area contributed by atoms with Crippen LogP contribution in [0.15, 0.2) is 23.8 Å². The Bertz CT molecular complexity index is 973. The highest BCUT2D eigenvalue weighted by Crippen LogP contribution is 2.70. The van der Waals surface area contributed by atoms with Crippen LogP contribution in [0, 0.1) is 28.6 Å². The number of phosphoric acid groups is 1. The summed E-state index contributed by atoms with van der Waals surface area (Å²) >= 11 is 0. The van der Waals surface area contributed by atoms with E-state index in [9.17, 15) is 24.4 Å². The number of Topliss-reactive ketones (excluding diaryl/α,β-unsaturated/α-hetero) is 1. The van der Waals surface area contributed by atoms with Crippen LogP contribution >= 0.6 is 7.82 Å². The zero-order valence-corrected chi connectivity index (χ0v) is 19.2. The third-order valence-electron chi connectivity index (χ3n) is 9.01. The average Bonchev–Trinajstić information content (AvgIpc) is 2.89. The SMILES string of the molecule is CC1CC2C3CCC4=CC(=O)C=C[C@@]4(C)[C@]3(F)C(O)C[C@]2(C)[C@]1(O)C(=O)COP(=O)(O)O. The fraction of sp³-hybridized carbons (Fsp3) is 0.727. The molecule has 0 aromatic carbocycles. The smallest absolute Gasteiger partial charge is 0.390 e. The van der Waals surface area contributed by atoms with E-state index in [1.54, 1.807) is 20.8 Å². The molecule has 32 heavy (non-hydrogen) atoms. The number of hydrogen-bond acceptors (Lipinski definition) is 6. The number of carbonyl (C=O) groups excluding carboxylic acids is 2. The quantitative estimate of drug-likeness (QED) is 0.456. The van der Waals surface area contributed by atoms with E-state index < -0.39 is 66.2 Å². The monoisotopic (exact) mass is 472 g/mol. The van der Waals surface area contributed by atoms with Gasteiger partial charge in [-0.15, -0.1) is 0 Å². The van der Waals surface area contributed by atoms with Gasteiger partial charge in [0.05, 0.1) is 6.10 Å². The summed E-state index contributed by atoms with van der Waals surface area (Å²) in [5.74, 6) is -2.87. The van der Waals surface area contributed by atoms with Crippen molar-refractivity contribution in [2.24, 2.45) is 28.6 Å². The van der Waals surface area contributed by atoms with Gasteiger partial charge in [-0.25, -0.2) is 8.96 Å². The second-order valence-electron chi connectivity index (χ2n) is 10.4. The Hall–Kier alpha value is -1.22. The number of carbonyl (C=O) groups is 2. The number of allylic oxidation sites excluding steroid dienone is 4. The number of hydrogen-bond donors (Lipinski definition) is 4. The average molecular weight is 472 g/mol. The molecule has 0 saturated heterocycles. The van der Waals surface area contributed by atoms with Crippen LogP contribution in [-0.2, 0) is 18.7 Å². The number of rotatable bonds is 4. The van der Waals surface area contributed by atoms with Crippen molar-refractivity contribution in [1.82, 2.24) is 0 Å². The predicted molar refractivity (Wildman–Crippen MR) is 111 cm³/mol. The molecule has 4 N–H and O–H groups in total. The second kappa shape index (κ2) is 7.14. The molecule has 178 valence electrons. The highest BCUT2D eigenvalue weighted by atomic mass is 31.2. The van der Waals surface area contributed by atoms with Gasteiger partial charge in [0.1, 0.15) is 12.2 Å². The molecular formula is C22H30FO8P. The second-order valence-corrected chi connectivity index (χ2v) is 11.6. The molecule has 0 aromatic heterocycles. The molecule has 0 radical (unpaired) electrons. The van der Waals surface area contributed by atoms with Crippen molar-refractivity contribution in [2.45, 2.75) is 63.8 Å². The summed E-state index contributed by atoms with van der Waals surface area (Å²) in [5.41, 5.74) is -5.88. The minimum Gasteiger partial charge on any atom is -0.390 e. The van der Waals surface area contributed by atoms with Crippen molar-refractivity contribution in [3.8, 4) is 0 Å². The molecule has 0 aromatic rings. The maximum absolute atomic E-state index is 17.0. The zero-order chi connectivity index (χ0) is 23.9. The van der Waals surface area contributed by atoms with Crippen LogP contribution in [0.2, 0.25) is 0 Å². The first kappa shape index (κ1) is 23.9. The van der Waals surface area contributed by atoms with Gasteiger partial charge in [-0.1, -0.05) is 25.5 Å². The van der Waals surface area contributed by atoms with Crippen LogP contribution in [0.25, 0.3) is 0 Å². The summed E-state index contributed by atoms with van der Waals surface area (Å²) < 4.78 is 32.5. The van der Waals surface area contributed by atoms with Gasteiger partial charge in [0, 0.05) is 16.7 Å². The molecule has 4 unspecified atom stereocenters. The Morgan fingerprint density at radius 2 is 1.97 bits per heavy atom. The van der Waals surface area contributed by atoms with Gasteiger partial charge in [-0.2, -0.15) is 0 Å².